The number of rotatable bonds is 8. The second-order valence-corrected chi connectivity index (χ2v) is 8.38. The zero-order valence-corrected chi connectivity index (χ0v) is 21.4. The number of anilines is 1. The molecule has 2 rings (SSSR count). The molecule has 1 saturated heterocycles. The molecule has 166 valence electrons. The molecule has 0 amide bonds. The van der Waals surface area contributed by atoms with Gasteiger partial charge in [-0.15, -0.1) is 24.0 Å². The summed E-state index contributed by atoms with van der Waals surface area (Å²) in [7, 11) is 1.86. The van der Waals surface area contributed by atoms with E-state index in [1.54, 1.807) is 0 Å². The lowest BCUT2D eigenvalue weighted by Gasteiger charge is -2.34. The van der Waals surface area contributed by atoms with Gasteiger partial charge < -0.3 is 15.5 Å². The van der Waals surface area contributed by atoms with E-state index in [1.165, 1.54) is 5.56 Å². The summed E-state index contributed by atoms with van der Waals surface area (Å²) in [6.07, 6.45) is 5.27. The number of aromatic nitrogens is 1. The summed E-state index contributed by atoms with van der Waals surface area (Å²) in [6, 6.07) is 5.91. The molecule has 1 aliphatic heterocycles. The third kappa shape index (κ3) is 8.66. The molecule has 0 radical (unpaired) electrons. The van der Waals surface area contributed by atoms with Crippen LogP contribution in [0, 0.1) is 6.92 Å². The second kappa shape index (κ2) is 13.3. The Morgan fingerprint density at radius 2 is 1.86 bits per heavy atom. The molecule has 1 aromatic rings. The number of nitrogens with zero attached hydrogens (tertiary/aromatic N) is 4. The van der Waals surface area contributed by atoms with Crippen LogP contribution < -0.4 is 15.5 Å². The maximum atomic E-state index is 4.56. The molecule has 0 aromatic carbocycles. The summed E-state index contributed by atoms with van der Waals surface area (Å²) in [5.74, 6) is 2.01. The average Bonchev–Trinajstić information content (AvgIpc) is 2.67. The summed E-state index contributed by atoms with van der Waals surface area (Å²) >= 11 is 0. The normalized spacial score (nSPS) is 15.8. The molecule has 0 unspecified atom stereocenters. The van der Waals surface area contributed by atoms with Gasteiger partial charge in [0.15, 0.2) is 5.96 Å². The van der Waals surface area contributed by atoms with Crippen molar-refractivity contribution < 1.29 is 0 Å². The smallest absolute Gasteiger partial charge is 0.191 e. The van der Waals surface area contributed by atoms with Gasteiger partial charge in [0.05, 0.1) is 0 Å². The zero-order valence-electron chi connectivity index (χ0n) is 19.1. The predicted molar refractivity (Wildman–Crippen MR) is 136 cm³/mol. The zero-order chi connectivity index (χ0) is 20.5. The molecule has 0 aliphatic carbocycles. The molecule has 0 bridgehead atoms. The van der Waals surface area contributed by atoms with Gasteiger partial charge in [0.1, 0.15) is 5.82 Å². The van der Waals surface area contributed by atoms with Gasteiger partial charge in [-0.1, -0.05) is 6.07 Å². The Balaban J connectivity index is 0.00000420. The van der Waals surface area contributed by atoms with E-state index in [4.69, 9.17) is 0 Å². The number of aryl methyl sites for hydroxylation is 1. The highest BCUT2D eigenvalue weighted by atomic mass is 127. The van der Waals surface area contributed by atoms with Crippen molar-refractivity contribution in [2.45, 2.75) is 72.0 Å². The lowest BCUT2D eigenvalue weighted by atomic mass is 10.1. The van der Waals surface area contributed by atoms with Gasteiger partial charge in [-0.3, -0.25) is 9.89 Å². The largest absolute Gasteiger partial charge is 0.356 e. The lowest BCUT2D eigenvalue weighted by molar-refractivity contribution is 0.173. The second-order valence-electron chi connectivity index (χ2n) is 8.38. The highest BCUT2D eigenvalue weighted by molar-refractivity contribution is 14.0. The molecule has 6 nitrogen and oxygen atoms in total. The van der Waals surface area contributed by atoms with Crippen LogP contribution in [-0.4, -0.2) is 67.2 Å². The molecular formula is C22H41IN6. The van der Waals surface area contributed by atoms with Gasteiger partial charge in [-0.25, -0.2) is 4.98 Å². The Bertz CT molecular complexity index is 586. The number of guanidine groups is 1. The average molecular weight is 517 g/mol. The van der Waals surface area contributed by atoms with Crippen molar-refractivity contribution in [3.8, 4) is 0 Å². The lowest BCUT2D eigenvalue weighted by Crippen LogP contribution is -2.49. The van der Waals surface area contributed by atoms with Crippen LogP contribution in [0.3, 0.4) is 0 Å². The quantitative estimate of drug-likeness (QED) is 0.239. The number of hydrogen-bond donors (Lipinski definition) is 2. The minimum absolute atomic E-state index is 0. The Kier molecular flexibility index (Phi) is 11.9. The first-order valence-corrected chi connectivity index (χ1v) is 10.8. The van der Waals surface area contributed by atoms with Gasteiger partial charge in [-0.2, -0.15) is 0 Å². The standard InChI is InChI=1S/C22H40N6.HI/c1-17(2)28(18(3)4)13-7-12-24-22(23-6)26-20-10-14-27(15-11-20)21-9-8-19(5)16-25-21;/h8-9,16-18,20H,7,10-15H2,1-6H3,(H2,23,24,26);1H. The number of nitrogens with one attached hydrogen (secondary N) is 2. The third-order valence-corrected chi connectivity index (χ3v) is 5.49. The fraction of sp³-hybridized carbons (Fsp3) is 0.727. The molecule has 2 N–H and O–H groups in total. The fourth-order valence-electron chi connectivity index (χ4n) is 3.87. The van der Waals surface area contributed by atoms with E-state index in [0.717, 1.165) is 57.2 Å². The molecule has 0 spiro atoms. The Labute approximate surface area is 195 Å². The van der Waals surface area contributed by atoms with E-state index in [0.29, 0.717) is 18.1 Å². The summed E-state index contributed by atoms with van der Waals surface area (Å²) in [5.41, 5.74) is 1.21. The molecule has 1 fully saturated rings. The molecule has 29 heavy (non-hydrogen) atoms. The molecule has 1 aromatic heterocycles. The minimum atomic E-state index is 0. The van der Waals surface area contributed by atoms with E-state index in [1.807, 2.05) is 13.2 Å². The van der Waals surface area contributed by atoms with Crippen LogP contribution >= 0.6 is 24.0 Å². The van der Waals surface area contributed by atoms with Crippen LogP contribution in [0.4, 0.5) is 5.82 Å². The maximum Gasteiger partial charge on any atom is 0.191 e. The highest BCUT2D eigenvalue weighted by Crippen LogP contribution is 2.18. The van der Waals surface area contributed by atoms with Crippen molar-refractivity contribution >= 4 is 35.8 Å². The van der Waals surface area contributed by atoms with Crippen molar-refractivity contribution in [2.75, 3.05) is 38.1 Å². The summed E-state index contributed by atoms with van der Waals surface area (Å²) in [5, 5.41) is 7.08. The Hall–Kier alpha value is -1.09. The van der Waals surface area contributed by atoms with Gasteiger partial charge in [0.25, 0.3) is 0 Å². The highest BCUT2D eigenvalue weighted by Gasteiger charge is 2.21. The van der Waals surface area contributed by atoms with Crippen LogP contribution in [0.25, 0.3) is 0 Å². The summed E-state index contributed by atoms with van der Waals surface area (Å²) in [6.45, 7) is 15.3. The van der Waals surface area contributed by atoms with Crippen molar-refractivity contribution in [2.24, 2.45) is 4.99 Å². The van der Waals surface area contributed by atoms with Crippen LogP contribution in [0.5, 0.6) is 0 Å². The van der Waals surface area contributed by atoms with Crippen molar-refractivity contribution in [3.05, 3.63) is 23.9 Å². The fourth-order valence-corrected chi connectivity index (χ4v) is 3.87. The van der Waals surface area contributed by atoms with Crippen molar-refractivity contribution in [3.63, 3.8) is 0 Å². The van der Waals surface area contributed by atoms with E-state index < -0.39 is 0 Å². The van der Waals surface area contributed by atoms with Gasteiger partial charge in [-0.05, 0) is 65.5 Å². The molecular weight excluding hydrogens is 475 g/mol. The molecule has 0 atom stereocenters. The maximum absolute atomic E-state index is 4.56. The molecule has 1 aliphatic rings. The molecule has 0 saturated carbocycles. The first kappa shape index (κ1) is 25.9. The van der Waals surface area contributed by atoms with Crippen LogP contribution in [0.1, 0.15) is 52.5 Å². The summed E-state index contributed by atoms with van der Waals surface area (Å²) in [4.78, 5) is 13.9. The summed E-state index contributed by atoms with van der Waals surface area (Å²) < 4.78 is 0. The number of pyridine rings is 1. The first-order chi connectivity index (χ1) is 13.4. The Morgan fingerprint density at radius 3 is 2.38 bits per heavy atom. The van der Waals surface area contributed by atoms with Gasteiger partial charge in [0, 0.05) is 57.5 Å². The third-order valence-electron chi connectivity index (χ3n) is 5.49. The first-order valence-electron chi connectivity index (χ1n) is 10.8. The van der Waals surface area contributed by atoms with Gasteiger partial charge >= 0.3 is 0 Å². The number of piperidine rings is 1. The van der Waals surface area contributed by atoms with Crippen LogP contribution in [-0.2, 0) is 0 Å². The van der Waals surface area contributed by atoms with Crippen LogP contribution in [0.2, 0.25) is 0 Å². The topological polar surface area (TPSA) is 55.8 Å². The predicted octanol–water partition coefficient (Wildman–Crippen LogP) is 3.65. The number of aliphatic imine (C=N–C) groups is 1. The SMILES string of the molecule is CN=C(NCCCN(C(C)C)C(C)C)NC1CCN(c2ccc(C)cn2)CC1.I. The van der Waals surface area contributed by atoms with E-state index >= 15 is 0 Å². The van der Waals surface area contributed by atoms with E-state index in [9.17, 15) is 0 Å². The van der Waals surface area contributed by atoms with Crippen molar-refractivity contribution in [1.29, 1.82) is 0 Å². The van der Waals surface area contributed by atoms with E-state index in [-0.39, 0.29) is 24.0 Å². The monoisotopic (exact) mass is 516 g/mol. The number of hydrogen-bond acceptors (Lipinski definition) is 4. The number of halogens is 1. The molecule has 2 heterocycles. The Morgan fingerprint density at radius 1 is 1.21 bits per heavy atom. The van der Waals surface area contributed by atoms with E-state index in [2.05, 4.69) is 77.2 Å². The van der Waals surface area contributed by atoms with Gasteiger partial charge in [0.2, 0.25) is 0 Å². The minimum Gasteiger partial charge on any atom is -0.356 e. The molecule has 7 heteroatoms. The van der Waals surface area contributed by atoms with Crippen LogP contribution in [0.15, 0.2) is 23.3 Å². The van der Waals surface area contributed by atoms with Crippen molar-refractivity contribution in [1.82, 2.24) is 20.5 Å².